The largest absolute Gasteiger partial charge is 0.497 e. The number of benzene rings is 3. The Balaban J connectivity index is 1.78. The number of anilines is 1. The van der Waals surface area contributed by atoms with Gasteiger partial charge in [0.25, 0.3) is 5.91 Å². The van der Waals surface area contributed by atoms with Gasteiger partial charge in [-0.2, -0.15) is 0 Å². The predicted octanol–water partition coefficient (Wildman–Crippen LogP) is 4.69. The molecule has 0 saturated carbocycles. The number of hydrogen-bond acceptors (Lipinski definition) is 3. The van der Waals surface area contributed by atoms with Crippen molar-refractivity contribution in [1.29, 1.82) is 0 Å². The minimum Gasteiger partial charge on any atom is -0.497 e. The fourth-order valence-electron chi connectivity index (χ4n) is 4.07. The van der Waals surface area contributed by atoms with E-state index in [1.54, 1.807) is 68.4 Å². The first kappa shape index (κ1) is 20.6. The number of ether oxygens (including phenoxy) is 1. The average molecular weight is 418 g/mol. The van der Waals surface area contributed by atoms with Crippen molar-refractivity contribution in [2.45, 2.75) is 18.9 Å². The fraction of sp³-hybridized carbons (Fsp3) is 0.200. The smallest absolute Gasteiger partial charge is 0.254 e. The third-order valence-electron chi connectivity index (χ3n) is 5.76. The normalized spacial score (nSPS) is 17.8. The van der Waals surface area contributed by atoms with Gasteiger partial charge in [-0.25, -0.2) is 4.39 Å². The maximum Gasteiger partial charge on any atom is 0.254 e. The van der Waals surface area contributed by atoms with Crippen LogP contribution in [0.15, 0.2) is 66.7 Å². The molecule has 1 N–H and O–H groups in total. The third kappa shape index (κ3) is 3.77. The molecule has 0 radical (unpaired) electrons. The Morgan fingerprint density at radius 1 is 1.06 bits per heavy atom. The number of aryl methyl sites for hydroxylation is 1. The van der Waals surface area contributed by atoms with Gasteiger partial charge in [0.1, 0.15) is 11.6 Å². The van der Waals surface area contributed by atoms with E-state index in [0.29, 0.717) is 28.1 Å². The summed E-state index contributed by atoms with van der Waals surface area (Å²) in [4.78, 5) is 28.1. The van der Waals surface area contributed by atoms with Gasteiger partial charge in [-0.05, 0) is 53.9 Å². The van der Waals surface area contributed by atoms with Crippen LogP contribution in [-0.4, -0.2) is 30.9 Å². The number of likely N-dealkylation sites (N-methyl/N-ethyl adjacent to an activating group) is 1. The summed E-state index contributed by atoms with van der Waals surface area (Å²) in [6.07, 6.45) is 0. The van der Waals surface area contributed by atoms with E-state index in [-0.39, 0.29) is 17.6 Å². The lowest BCUT2D eigenvalue weighted by atomic mass is 9.79. The minimum atomic E-state index is -0.670. The highest BCUT2D eigenvalue weighted by Crippen LogP contribution is 2.42. The lowest BCUT2D eigenvalue weighted by Crippen LogP contribution is -2.44. The van der Waals surface area contributed by atoms with E-state index in [4.69, 9.17) is 4.74 Å². The molecule has 6 heteroatoms. The molecule has 158 valence electrons. The number of rotatable bonds is 4. The number of nitrogens with zero attached hydrogens (tertiary/aromatic N) is 1. The highest BCUT2D eigenvalue weighted by atomic mass is 19.1. The maximum atomic E-state index is 14.0. The molecule has 0 spiro atoms. The van der Waals surface area contributed by atoms with Crippen molar-refractivity contribution in [3.8, 4) is 5.75 Å². The lowest BCUT2D eigenvalue weighted by molar-refractivity contribution is -0.119. The number of hydrogen-bond donors (Lipinski definition) is 1. The second-order valence-corrected chi connectivity index (χ2v) is 7.65. The standard InChI is InChI=1S/C25H23FN2O3/c1-15-8-11-17(14-21(15)26)27-24(29)22-19-6-4-5-7-20(19)25(30)28(2)23(22)16-9-12-18(31-3)13-10-16/h4-14,22-23H,1-3H3,(H,27,29)/t22-,23+/m0/s1. The monoisotopic (exact) mass is 418 g/mol. The quantitative estimate of drug-likeness (QED) is 0.669. The van der Waals surface area contributed by atoms with Crippen molar-refractivity contribution in [3.05, 3.63) is 94.8 Å². The first-order chi connectivity index (χ1) is 14.9. The number of nitrogens with one attached hydrogen (secondary N) is 1. The van der Waals surface area contributed by atoms with Crippen LogP contribution in [0.1, 0.15) is 39.0 Å². The Bertz CT molecular complexity index is 1140. The molecule has 2 amide bonds. The number of methoxy groups -OCH3 is 1. The molecule has 0 aliphatic carbocycles. The number of halogens is 1. The minimum absolute atomic E-state index is 0.151. The average Bonchev–Trinajstić information content (AvgIpc) is 2.78. The van der Waals surface area contributed by atoms with Crippen LogP contribution in [0.5, 0.6) is 5.75 Å². The highest BCUT2D eigenvalue weighted by Gasteiger charge is 2.42. The van der Waals surface area contributed by atoms with E-state index in [1.807, 2.05) is 18.2 Å². The highest BCUT2D eigenvalue weighted by molar-refractivity contribution is 6.04. The zero-order valence-electron chi connectivity index (χ0n) is 17.6. The summed E-state index contributed by atoms with van der Waals surface area (Å²) in [6.45, 7) is 1.67. The molecule has 3 aromatic carbocycles. The van der Waals surface area contributed by atoms with Crippen molar-refractivity contribution in [1.82, 2.24) is 4.90 Å². The van der Waals surface area contributed by atoms with Gasteiger partial charge in [-0.15, -0.1) is 0 Å². The first-order valence-electron chi connectivity index (χ1n) is 9.97. The molecule has 4 rings (SSSR count). The van der Waals surface area contributed by atoms with Crippen molar-refractivity contribution in [2.75, 3.05) is 19.5 Å². The van der Waals surface area contributed by atoms with E-state index < -0.39 is 12.0 Å². The Kier molecular flexibility index (Phi) is 5.46. The SMILES string of the molecule is COc1ccc([C@@H]2[C@@H](C(=O)Nc3ccc(C)c(F)c3)c3ccccc3C(=O)N2C)cc1. The summed E-state index contributed by atoms with van der Waals surface area (Å²) in [7, 11) is 3.28. The summed E-state index contributed by atoms with van der Waals surface area (Å²) in [5, 5.41) is 2.84. The Labute approximate surface area is 180 Å². The van der Waals surface area contributed by atoms with Gasteiger partial charge in [0.2, 0.25) is 5.91 Å². The zero-order valence-corrected chi connectivity index (χ0v) is 17.6. The summed E-state index contributed by atoms with van der Waals surface area (Å²) >= 11 is 0. The van der Waals surface area contributed by atoms with Gasteiger partial charge < -0.3 is 15.0 Å². The van der Waals surface area contributed by atoms with Crippen LogP contribution in [0.3, 0.4) is 0 Å². The van der Waals surface area contributed by atoms with Crippen LogP contribution in [0, 0.1) is 12.7 Å². The van der Waals surface area contributed by atoms with Crippen molar-refractivity contribution >= 4 is 17.5 Å². The maximum absolute atomic E-state index is 14.0. The van der Waals surface area contributed by atoms with Gasteiger partial charge in [-0.1, -0.05) is 36.4 Å². The summed E-state index contributed by atoms with van der Waals surface area (Å²) < 4.78 is 19.3. The molecule has 5 nitrogen and oxygen atoms in total. The van der Waals surface area contributed by atoms with E-state index in [0.717, 1.165) is 5.56 Å². The molecule has 1 aliphatic rings. The third-order valence-corrected chi connectivity index (χ3v) is 5.76. The molecule has 0 saturated heterocycles. The van der Waals surface area contributed by atoms with E-state index in [1.165, 1.54) is 6.07 Å². The molecular weight excluding hydrogens is 395 g/mol. The van der Waals surface area contributed by atoms with Gasteiger partial charge in [0, 0.05) is 18.3 Å². The van der Waals surface area contributed by atoms with Crippen LogP contribution in [-0.2, 0) is 4.79 Å². The van der Waals surface area contributed by atoms with Crippen molar-refractivity contribution in [2.24, 2.45) is 0 Å². The van der Waals surface area contributed by atoms with Crippen LogP contribution >= 0.6 is 0 Å². The molecular formula is C25H23FN2O3. The number of carbonyl (C=O) groups excluding carboxylic acids is 2. The molecule has 31 heavy (non-hydrogen) atoms. The van der Waals surface area contributed by atoms with Crippen LogP contribution in [0.2, 0.25) is 0 Å². The molecule has 0 fully saturated rings. The summed E-state index contributed by atoms with van der Waals surface area (Å²) in [5.41, 5.74) is 2.82. The van der Waals surface area contributed by atoms with Crippen molar-refractivity contribution < 1.29 is 18.7 Å². The van der Waals surface area contributed by atoms with Crippen LogP contribution in [0.4, 0.5) is 10.1 Å². The van der Waals surface area contributed by atoms with Gasteiger partial charge >= 0.3 is 0 Å². The zero-order chi connectivity index (χ0) is 22.1. The Hall–Kier alpha value is -3.67. The van der Waals surface area contributed by atoms with E-state index in [9.17, 15) is 14.0 Å². The molecule has 3 aromatic rings. The Morgan fingerprint density at radius 3 is 2.45 bits per heavy atom. The Morgan fingerprint density at radius 2 is 1.77 bits per heavy atom. The summed E-state index contributed by atoms with van der Waals surface area (Å²) in [6, 6.07) is 18.5. The second kappa shape index (κ2) is 8.22. The molecule has 1 heterocycles. The molecule has 1 aliphatic heterocycles. The summed E-state index contributed by atoms with van der Waals surface area (Å²) in [5.74, 6) is -0.833. The molecule has 0 bridgehead atoms. The number of carbonyl (C=O) groups is 2. The number of fused-ring (bicyclic) bond motifs is 1. The van der Waals surface area contributed by atoms with Crippen LogP contribution < -0.4 is 10.1 Å². The lowest BCUT2D eigenvalue weighted by Gasteiger charge is -2.39. The van der Waals surface area contributed by atoms with Crippen molar-refractivity contribution in [3.63, 3.8) is 0 Å². The molecule has 0 unspecified atom stereocenters. The topological polar surface area (TPSA) is 58.6 Å². The van der Waals surface area contributed by atoms with Gasteiger partial charge in [-0.3, -0.25) is 9.59 Å². The molecule has 0 aromatic heterocycles. The predicted molar refractivity (Wildman–Crippen MR) is 117 cm³/mol. The second-order valence-electron chi connectivity index (χ2n) is 7.65. The number of amides is 2. The first-order valence-corrected chi connectivity index (χ1v) is 9.97. The van der Waals surface area contributed by atoms with Gasteiger partial charge in [0.15, 0.2) is 0 Å². The van der Waals surface area contributed by atoms with E-state index >= 15 is 0 Å². The fourth-order valence-corrected chi connectivity index (χ4v) is 4.07. The van der Waals surface area contributed by atoms with Gasteiger partial charge in [0.05, 0.1) is 19.1 Å². The molecule has 2 atom stereocenters. The van der Waals surface area contributed by atoms with Crippen LogP contribution in [0.25, 0.3) is 0 Å². The van der Waals surface area contributed by atoms with E-state index in [2.05, 4.69) is 5.32 Å².